The van der Waals surface area contributed by atoms with Gasteiger partial charge in [0.15, 0.2) is 15.6 Å². The number of hydrogen-bond donors (Lipinski definition) is 1. The molecule has 1 saturated heterocycles. The Kier molecular flexibility index (Phi) is 3.29. The van der Waals surface area contributed by atoms with Gasteiger partial charge in [0.25, 0.3) is 0 Å². The van der Waals surface area contributed by atoms with Crippen LogP contribution < -0.4 is 4.74 Å². The second-order valence-electron chi connectivity index (χ2n) is 4.96. The van der Waals surface area contributed by atoms with Crippen molar-refractivity contribution in [1.82, 2.24) is 4.98 Å². The number of aromatic carboxylic acids is 1. The van der Waals surface area contributed by atoms with Gasteiger partial charge in [0, 0.05) is 5.39 Å². The number of hydrogen-bond acceptors (Lipinski definition) is 5. The zero-order chi connectivity index (χ0) is 15.0. The van der Waals surface area contributed by atoms with Gasteiger partial charge in [-0.25, -0.2) is 13.2 Å². The molecule has 0 amide bonds. The third kappa shape index (κ3) is 2.69. The topological polar surface area (TPSA) is 93.6 Å². The summed E-state index contributed by atoms with van der Waals surface area (Å²) in [5.41, 5.74) is 0.575. The van der Waals surface area contributed by atoms with Gasteiger partial charge >= 0.3 is 5.97 Å². The Morgan fingerprint density at radius 2 is 2.10 bits per heavy atom. The van der Waals surface area contributed by atoms with Crippen LogP contribution >= 0.6 is 0 Å². The third-order valence-corrected chi connectivity index (χ3v) is 5.18. The van der Waals surface area contributed by atoms with Crippen molar-refractivity contribution in [2.24, 2.45) is 0 Å². The fraction of sp³-hybridized carbons (Fsp3) is 0.286. The van der Waals surface area contributed by atoms with E-state index in [1.54, 1.807) is 24.3 Å². The van der Waals surface area contributed by atoms with Crippen LogP contribution in [0.25, 0.3) is 10.9 Å². The normalized spacial score (nSPS) is 20.5. The predicted molar refractivity (Wildman–Crippen MR) is 76.4 cm³/mol. The van der Waals surface area contributed by atoms with Crippen LogP contribution in [0.15, 0.2) is 30.5 Å². The van der Waals surface area contributed by atoms with Gasteiger partial charge in [-0.3, -0.25) is 4.98 Å². The first-order chi connectivity index (χ1) is 9.96. The van der Waals surface area contributed by atoms with Gasteiger partial charge in [0.05, 0.1) is 23.2 Å². The van der Waals surface area contributed by atoms with Crippen LogP contribution in [0, 0.1) is 0 Å². The minimum absolute atomic E-state index is 0.0184. The van der Waals surface area contributed by atoms with E-state index in [0.717, 1.165) is 0 Å². The van der Waals surface area contributed by atoms with E-state index in [-0.39, 0.29) is 22.8 Å². The number of aromatic nitrogens is 1. The summed E-state index contributed by atoms with van der Waals surface area (Å²) in [6.07, 6.45) is 1.20. The number of carbonyl (C=O) groups is 1. The maximum atomic E-state index is 11.5. The highest BCUT2D eigenvalue weighted by Gasteiger charge is 2.30. The molecule has 1 aromatic carbocycles. The molecule has 1 aliphatic rings. The van der Waals surface area contributed by atoms with Crippen molar-refractivity contribution in [3.63, 3.8) is 0 Å². The van der Waals surface area contributed by atoms with Crippen LogP contribution in [0.4, 0.5) is 0 Å². The Bertz CT molecular complexity index is 815. The summed E-state index contributed by atoms with van der Waals surface area (Å²) in [5.74, 6) is -1.02. The number of benzene rings is 1. The van der Waals surface area contributed by atoms with E-state index in [0.29, 0.717) is 17.3 Å². The minimum Gasteiger partial charge on any atom is -0.487 e. The zero-order valence-electron chi connectivity index (χ0n) is 11.0. The molecule has 3 rings (SSSR count). The van der Waals surface area contributed by atoms with E-state index in [9.17, 15) is 18.3 Å². The van der Waals surface area contributed by atoms with E-state index in [1.165, 1.54) is 6.20 Å². The number of pyridine rings is 1. The maximum Gasteiger partial charge on any atom is 0.340 e. The second-order valence-corrected chi connectivity index (χ2v) is 7.19. The van der Waals surface area contributed by atoms with Crippen molar-refractivity contribution < 1.29 is 23.1 Å². The Labute approximate surface area is 121 Å². The molecule has 1 atom stereocenters. The molecule has 1 N–H and O–H groups in total. The van der Waals surface area contributed by atoms with Crippen molar-refractivity contribution in [2.45, 2.75) is 12.5 Å². The Hall–Kier alpha value is -2.15. The van der Waals surface area contributed by atoms with E-state index < -0.39 is 21.9 Å². The zero-order valence-corrected chi connectivity index (χ0v) is 11.8. The molecule has 0 bridgehead atoms. The molecule has 7 heteroatoms. The molecular formula is C14H13NO5S. The number of fused-ring (bicyclic) bond motifs is 1. The first-order valence-electron chi connectivity index (χ1n) is 6.44. The van der Waals surface area contributed by atoms with Gasteiger partial charge in [-0.2, -0.15) is 0 Å². The molecule has 6 nitrogen and oxygen atoms in total. The summed E-state index contributed by atoms with van der Waals surface area (Å²) >= 11 is 0. The van der Waals surface area contributed by atoms with Gasteiger partial charge in [0.1, 0.15) is 11.7 Å². The van der Waals surface area contributed by atoms with Crippen molar-refractivity contribution in [1.29, 1.82) is 0 Å². The van der Waals surface area contributed by atoms with E-state index in [1.807, 2.05) is 0 Å². The molecule has 2 heterocycles. The van der Waals surface area contributed by atoms with Crippen molar-refractivity contribution in [3.8, 4) is 5.75 Å². The number of nitrogens with zero attached hydrogens (tertiary/aromatic N) is 1. The number of carboxylic acid groups (broad SMARTS) is 1. The SMILES string of the molecule is O=C(O)c1c(OC2CCS(=O)(=O)C2)cnc2ccccc12. The number of carboxylic acids is 1. The van der Waals surface area contributed by atoms with Crippen LogP contribution in [0.1, 0.15) is 16.8 Å². The Morgan fingerprint density at radius 3 is 2.76 bits per heavy atom. The molecule has 2 aromatic rings. The monoisotopic (exact) mass is 307 g/mol. The van der Waals surface area contributed by atoms with Gasteiger partial charge in [-0.1, -0.05) is 18.2 Å². The standard InChI is InChI=1S/C14H13NO5S/c16-14(17)13-10-3-1-2-4-11(10)15-7-12(13)20-9-5-6-21(18,19)8-9/h1-4,7,9H,5-6,8H2,(H,16,17). The van der Waals surface area contributed by atoms with Gasteiger partial charge < -0.3 is 9.84 Å². The molecule has 1 aromatic heterocycles. The lowest BCUT2D eigenvalue weighted by Gasteiger charge is -2.15. The minimum atomic E-state index is -3.08. The van der Waals surface area contributed by atoms with E-state index in [2.05, 4.69) is 4.98 Å². The molecule has 21 heavy (non-hydrogen) atoms. The fourth-order valence-corrected chi connectivity index (χ4v) is 4.06. The van der Waals surface area contributed by atoms with Crippen molar-refractivity contribution >= 4 is 26.7 Å². The van der Waals surface area contributed by atoms with Crippen LogP contribution in [-0.2, 0) is 9.84 Å². The predicted octanol–water partition coefficient (Wildman–Crippen LogP) is 1.50. The molecule has 0 saturated carbocycles. The molecule has 0 spiro atoms. The fourth-order valence-electron chi connectivity index (χ4n) is 2.47. The lowest BCUT2D eigenvalue weighted by Crippen LogP contribution is -2.19. The molecule has 1 fully saturated rings. The van der Waals surface area contributed by atoms with E-state index in [4.69, 9.17) is 4.74 Å². The maximum absolute atomic E-state index is 11.5. The summed E-state index contributed by atoms with van der Waals surface area (Å²) in [6, 6.07) is 6.86. The second kappa shape index (κ2) is 5.00. The average Bonchev–Trinajstić information content (AvgIpc) is 2.77. The summed E-state index contributed by atoms with van der Waals surface area (Å²) in [5, 5.41) is 9.89. The third-order valence-electron chi connectivity index (χ3n) is 3.44. The summed E-state index contributed by atoms with van der Waals surface area (Å²) in [7, 11) is -3.08. The summed E-state index contributed by atoms with van der Waals surface area (Å²) in [6.45, 7) is 0. The van der Waals surface area contributed by atoms with Crippen LogP contribution in [0.2, 0.25) is 0 Å². The molecule has 1 unspecified atom stereocenters. The lowest BCUT2D eigenvalue weighted by molar-refractivity contribution is 0.0692. The Morgan fingerprint density at radius 1 is 1.33 bits per heavy atom. The van der Waals surface area contributed by atoms with Gasteiger partial charge in [-0.05, 0) is 12.5 Å². The molecular weight excluding hydrogens is 294 g/mol. The number of sulfone groups is 1. The van der Waals surface area contributed by atoms with Crippen LogP contribution in [0.3, 0.4) is 0 Å². The molecule has 0 aliphatic carbocycles. The molecule has 110 valence electrons. The average molecular weight is 307 g/mol. The summed E-state index contributed by atoms with van der Waals surface area (Å²) in [4.78, 5) is 15.7. The number of rotatable bonds is 3. The van der Waals surface area contributed by atoms with E-state index >= 15 is 0 Å². The first kappa shape index (κ1) is 13.8. The first-order valence-corrected chi connectivity index (χ1v) is 8.26. The summed E-state index contributed by atoms with van der Waals surface area (Å²) < 4.78 is 28.5. The highest BCUT2D eigenvalue weighted by atomic mass is 32.2. The van der Waals surface area contributed by atoms with Crippen molar-refractivity contribution in [3.05, 3.63) is 36.0 Å². The van der Waals surface area contributed by atoms with Crippen molar-refractivity contribution in [2.75, 3.05) is 11.5 Å². The van der Waals surface area contributed by atoms with Gasteiger partial charge in [0.2, 0.25) is 0 Å². The molecule has 0 radical (unpaired) electrons. The Balaban J connectivity index is 2.02. The number of para-hydroxylation sites is 1. The number of ether oxygens (including phenoxy) is 1. The van der Waals surface area contributed by atoms with Gasteiger partial charge in [-0.15, -0.1) is 0 Å². The van der Waals surface area contributed by atoms with Crippen LogP contribution in [0.5, 0.6) is 5.75 Å². The van der Waals surface area contributed by atoms with Crippen LogP contribution in [-0.4, -0.2) is 42.1 Å². The quantitative estimate of drug-likeness (QED) is 0.923. The lowest BCUT2D eigenvalue weighted by atomic mass is 10.1. The highest BCUT2D eigenvalue weighted by molar-refractivity contribution is 7.91. The highest BCUT2D eigenvalue weighted by Crippen LogP contribution is 2.28. The largest absolute Gasteiger partial charge is 0.487 e. The smallest absolute Gasteiger partial charge is 0.340 e. The molecule has 1 aliphatic heterocycles.